The van der Waals surface area contributed by atoms with Crippen molar-refractivity contribution in [1.82, 2.24) is 5.32 Å². The quantitative estimate of drug-likeness (QED) is 0.177. The summed E-state index contributed by atoms with van der Waals surface area (Å²) in [4.78, 5) is 37.9. The molecule has 1 heterocycles. The van der Waals surface area contributed by atoms with Crippen LogP contribution in [0.2, 0.25) is 0 Å². The molecule has 0 fully saturated rings. The molecule has 0 aromatic heterocycles. The Bertz CT molecular complexity index is 1450. The van der Waals surface area contributed by atoms with Gasteiger partial charge in [0.25, 0.3) is 5.69 Å². The number of Topliss-reactive ketones (excluding diaryl/α,β-unsaturated/α-hetero) is 1. The Morgan fingerprint density at radius 3 is 2.26 bits per heavy atom. The van der Waals surface area contributed by atoms with Crippen LogP contribution in [0.3, 0.4) is 0 Å². The van der Waals surface area contributed by atoms with Crippen molar-refractivity contribution >= 4 is 17.4 Å². The predicted molar refractivity (Wildman–Crippen MR) is 145 cm³/mol. The number of para-hydroxylation sites is 1. The normalized spacial score (nSPS) is 18.7. The highest BCUT2D eigenvalue weighted by molar-refractivity contribution is 6.04. The summed E-state index contributed by atoms with van der Waals surface area (Å²) in [6, 6.07) is 25.1. The Morgan fingerprint density at radius 2 is 1.59 bits per heavy atom. The van der Waals surface area contributed by atoms with Crippen molar-refractivity contribution in [3.05, 3.63) is 129 Å². The smallest absolute Gasteiger partial charge is 0.336 e. The first-order valence-corrected chi connectivity index (χ1v) is 12.8. The summed E-state index contributed by atoms with van der Waals surface area (Å²) in [6.45, 7) is 1.98. The summed E-state index contributed by atoms with van der Waals surface area (Å²) in [5.74, 6) is -0.647. The fourth-order valence-corrected chi connectivity index (χ4v) is 5.28. The highest BCUT2D eigenvalue weighted by Crippen LogP contribution is 2.45. The van der Waals surface area contributed by atoms with Crippen LogP contribution < -0.4 is 10.1 Å². The number of hydrogen-bond acceptors (Lipinski definition) is 7. The van der Waals surface area contributed by atoms with E-state index in [0.717, 1.165) is 11.3 Å². The van der Waals surface area contributed by atoms with Crippen molar-refractivity contribution in [1.29, 1.82) is 0 Å². The van der Waals surface area contributed by atoms with Gasteiger partial charge in [-0.05, 0) is 42.5 Å². The van der Waals surface area contributed by atoms with Crippen LogP contribution in [0.25, 0.3) is 0 Å². The molecule has 5 rings (SSSR count). The molecular weight excluding hydrogens is 496 g/mol. The summed E-state index contributed by atoms with van der Waals surface area (Å²) in [5, 5.41) is 14.6. The van der Waals surface area contributed by atoms with E-state index in [2.05, 4.69) is 5.32 Å². The molecule has 0 amide bonds. The van der Waals surface area contributed by atoms with Crippen molar-refractivity contribution in [2.45, 2.75) is 31.6 Å². The number of benzene rings is 3. The molecule has 1 aliphatic heterocycles. The minimum absolute atomic E-state index is 0.0129. The molecule has 0 spiro atoms. The average molecular weight is 525 g/mol. The van der Waals surface area contributed by atoms with Crippen LogP contribution in [0.1, 0.15) is 42.7 Å². The maximum atomic E-state index is 13.7. The van der Waals surface area contributed by atoms with Crippen LogP contribution in [0.4, 0.5) is 5.69 Å². The van der Waals surface area contributed by atoms with E-state index in [1.807, 2.05) is 60.7 Å². The fraction of sp³-hybridized carbons (Fsp3) is 0.226. The number of rotatable bonds is 8. The Hall–Kier alpha value is -4.72. The first-order valence-electron chi connectivity index (χ1n) is 12.8. The molecule has 1 N–H and O–H groups in total. The van der Waals surface area contributed by atoms with Gasteiger partial charge < -0.3 is 14.8 Å². The van der Waals surface area contributed by atoms with Gasteiger partial charge in [-0.1, -0.05) is 60.7 Å². The first-order chi connectivity index (χ1) is 18.9. The number of nitrogens with one attached hydrogen (secondary N) is 1. The molecule has 0 bridgehead atoms. The lowest BCUT2D eigenvalue weighted by Gasteiger charge is -2.36. The van der Waals surface area contributed by atoms with Crippen molar-refractivity contribution < 1.29 is 24.0 Å². The van der Waals surface area contributed by atoms with Crippen molar-refractivity contribution in [2.24, 2.45) is 0 Å². The van der Waals surface area contributed by atoms with E-state index in [-0.39, 0.29) is 30.6 Å². The highest BCUT2D eigenvalue weighted by atomic mass is 16.6. The number of nitrogens with zero attached hydrogens (tertiary/aromatic N) is 1. The highest BCUT2D eigenvalue weighted by Gasteiger charge is 2.41. The fourth-order valence-electron chi connectivity index (χ4n) is 5.28. The van der Waals surface area contributed by atoms with Crippen LogP contribution in [0.15, 0.2) is 107 Å². The molecule has 1 aliphatic carbocycles. The molecule has 0 saturated heterocycles. The van der Waals surface area contributed by atoms with Gasteiger partial charge in [0.15, 0.2) is 5.78 Å². The molecule has 0 saturated carbocycles. The van der Waals surface area contributed by atoms with E-state index < -0.39 is 16.8 Å². The summed E-state index contributed by atoms with van der Waals surface area (Å²) in [5.41, 5.74) is 3.81. The summed E-state index contributed by atoms with van der Waals surface area (Å²) in [7, 11) is 0. The van der Waals surface area contributed by atoms with Crippen LogP contribution in [0.5, 0.6) is 5.75 Å². The third-order valence-electron chi connectivity index (χ3n) is 7.08. The topological polar surface area (TPSA) is 108 Å². The van der Waals surface area contributed by atoms with Crippen LogP contribution in [-0.2, 0) is 14.3 Å². The molecule has 3 aromatic carbocycles. The second kappa shape index (κ2) is 11.3. The van der Waals surface area contributed by atoms with Gasteiger partial charge in [-0.2, -0.15) is 0 Å². The zero-order valence-electron chi connectivity index (χ0n) is 21.5. The molecule has 39 heavy (non-hydrogen) atoms. The van der Waals surface area contributed by atoms with Gasteiger partial charge >= 0.3 is 5.97 Å². The number of ketones is 1. The van der Waals surface area contributed by atoms with Crippen LogP contribution in [-0.4, -0.2) is 29.9 Å². The number of ether oxygens (including phenoxy) is 2. The average Bonchev–Trinajstić information content (AvgIpc) is 2.95. The Kier molecular flexibility index (Phi) is 7.54. The predicted octanol–water partition coefficient (Wildman–Crippen LogP) is 5.58. The van der Waals surface area contributed by atoms with E-state index in [9.17, 15) is 19.7 Å². The number of non-ortho nitro benzene ring substituents is 1. The lowest BCUT2D eigenvalue weighted by atomic mass is 9.71. The maximum absolute atomic E-state index is 13.7. The summed E-state index contributed by atoms with van der Waals surface area (Å²) >= 11 is 0. The zero-order valence-corrected chi connectivity index (χ0v) is 21.5. The summed E-state index contributed by atoms with van der Waals surface area (Å²) in [6.07, 6.45) is 0.916. The minimum Gasteiger partial charge on any atom is -0.490 e. The third kappa shape index (κ3) is 5.60. The molecule has 0 radical (unpaired) electrons. The van der Waals surface area contributed by atoms with Gasteiger partial charge in [-0.25, -0.2) is 4.79 Å². The number of carbonyl (C=O) groups excluding carboxylic acids is 2. The van der Waals surface area contributed by atoms with E-state index in [0.29, 0.717) is 41.0 Å². The second-order valence-corrected chi connectivity index (χ2v) is 9.57. The number of esters is 1. The molecule has 8 heteroatoms. The number of allylic oxidation sites excluding steroid dienone is 3. The molecule has 2 unspecified atom stereocenters. The Labute approximate surface area is 226 Å². The van der Waals surface area contributed by atoms with E-state index in [4.69, 9.17) is 9.47 Å². The monoisotopic (exact) mass is 524 g/mol. The van der Waals surface area contributed by atoms with E-state index >= 15 is 0 Å². The van der Waals surface area contributed by atoms with E-state index in [1.54, 1.807) is 19.1 Å². The number of nitro benzene ring substituents is 1. The van der Waals surface area contributed by atoms with Gasteiger partial charge in [0.1, 0.15) is 19.0 Å². The number of carbonyl (C=O) groups is 2. The standard InChI is InChI=1S/C31H28N2O6/c1-20-28(31(35)39-17-16-38-25-10-6-3-7-11-25)29(22-12-14-24(15-13-22)33(36)37)30-26(32-20)18-23(19-27(30)34)21-8-4-2-5-9-21/h2-15,23,29,32H,16-19H2,1H3. The third-order valence-corrected chi connectivity index (χ3v) is 7.08. The lowest BCUT2D eigenvalue weighted by Crippen LogP contribution is -2.36. The maximum Gasteiger partial charge on any atom is 0.336 e. The van der Waals surface area contributed by atoms with Gasteiger partial charge in [-0.15, -0.1) is 0 Å². The summed E-state index contributed by atoms with van der Waals surface area (Å²) < 4.78 is 11.2. The zero-order chi connectivity index (χ0) is 27.4. The number of nitro groups is 1. The number of hydrogen-bond donors (Lipinski definition) is 1. The minimum atomic E-state index is -0.700. The molecule has 8 nitrogen and oxygen atoms in total. The Morgan fingerprint density at radius 1 is 0.923 bits per heavy atom. The van der Waals surface area contributed by atoms with Crippen molar-refractivity contribution in [2.75, 3.05) is 13.2 Å². The molecular formula is C31H28N2O6. The van der Waals surface area contributed by atoms with Gasteiger partial charge in [-0.3, -0.25) is 14.9 Å². The lowest BCUT2D eigenvalue weighted by molar-refractivity contribution is -0.384. The molecule has 198 valence electrons. The largest absolute Gasteiger partial charge is 0.490 e. The molecule has 3 aromatic rings. The van der Waals surface area contributed by atoms with Gasteiger partial charge in [0.05, 0.1) is 10.5 Å². The van der Waals surface area contributed by atoms with Gasteiger partial charge in [0.2, 0.25) is 0 Å². The SMILES string of the molecule is CC1=C(C(=O)OCCOc2ccccc2)C(c2ccc([N+](=O)[O-])cc2)C2=C(CC(c3ccccc3)CC2=O)N1. The van der Waals surface area contributed by atoms with Gasteiger partial charge in [0, 0.05) is 41.4 Å². The van der Waals surface area contributed by atoms with Crippen LogP contribution >= 0.6 is 0 Å². The van der Waals surface area contributed by atoms with Crippen LogP contribution in [0, 0.1) is 10.1 Å². The second-order valence-electron chi connectivity index (χ2n) is 9.57. The first kappa shape index (κ1) is 25.9. The molecule has 2 atom stereocenters. The Balaban J connectivity index is 1.43. The van der Waals surface area contributed by atoms with E-state index in [1.165, 1.54) is 12.1 Å². The number of dihydropyridines is 1. The van der Waals surface area contributed by atoms with Crippen molar-refractivity contribution in [3.8, 4) is 5.75 Å². The van der Waals surface area contributed by atoms with Crippen molar-refractivity contribution in [3.63, 3.8) is 0 Å². The molecule has 2 aliphatic rings.